The minimum Gasteiger partial charge on any atom is -0.0686 e. The van der Waals surface area contributed by atoms with E-state index in [0.29, 0.717) is 0 Å². The minimum atomic E-state index is 1.37. The highest BCUT2D eigenvalue weighted by Crippen LogP contribution is 1.50. The molecule has 0 unspecified atom stereocenters. The van der Waals surface area contributed by atoms with E-state index < -0.39 is 0 Å². The van der Waals surface area contributed by atoms with E-state index in [4.69, 9.17) is 0 Å². The highest BCUT2D eigenvalue weighted by atomic mass is 28.2. The van der Waals surface area contributed by atoms with Gasteiger partial charge in [0.15, 0.2) is 0 Å². The second kappa shape index (κ2) is 38.0. The van der Waals surface area contributed by atoms with Crippen molar-refractivity contribution in [1.82, 2.24) is 0 Å². The second-order valence-corrected chi connectivity index (χ2v) is 6.36. The zero-order chi connectivity index (χ0) is 8.12. The Balaban J connectivity index is -0.0000000600. The molecule has 0 N–H and O–H groups in total. The molecule has 0 bridgehead atoms. The third-order valence-electron chi connectivity index (χ3n) is 0. The fraction of sp³-hybridized carbons (Fsp3) is 1.00. The molecule has 9 heavy (non-hydrogen) atoms. The second-order valence-electron chi connectivity index (χ2n) is 2.12. The van der Waals surface area contributed by atoms with Crippen LogP contribution in [0, 0.1) is 0 Å². The Bertz CT molecular complexity index is 13.0. The van der Waals surface area contributed by atoms with Gasteiger partial charge in [-0.1, -0.05) is 38.9 Å². The van der Waals surface area contributed by atoms with Gasteiger partial charge in [0.05, 0.1) is 0 Å². The summed E-state index contributed by atoms with van der Waals surface area (Å²) in [4.78, 5) is 0. The molecule has 0 amide bonds. The minimum absolute atomic E-state index is 1.37. The van der Waals surface area contributed by atoms with Crippen LogP contribution >= 0.6 is 0 Å². The highest BCUT2D eigenvalue weighted by Gasteiger charge is 1.37. The first-order valence-corrected chi connectivity index (χ1v) is 8.49. The maximum Gasteiger partial charge on any atom is 0.00244 e. The van der Waals surface area contributed by atoms with E-state index in [1.165, 1.54) is 48.9 Å². The molecule has 0 aliphatic heterocycles. The monoisotopic (exact) mass is 180 g/mol. The fourth-order valence-corrected chi connectivity index (χ4v) is 0. The summed E-state index contributed by atoms with van der Waals surface area (Å²) in [7, 11) is 4.11. The van der Waals surface area contributed by atoms with Gasteiger partial charge in [0.2, 0.25) is 0 Å². The predicted molar refractivity (Wildman–Crippen MR) is 61.3 cm³/mol. The molecule has 0 spiro atoms. The maximum atomic E-state index is 2.19. The van der Waals surface area contributed by atoms with E-state index in [-0.39, 0.29) is 0 Å². The average Bonchev–Trinajstić information content (AvgIpc) is 1.70. The molecule has 0 aliphatic carbocycles. The largest absolute Gasteiger partial charge is 0.0686 e. The first-order valence-electron chi connectivity index (χ1n) is 4.24. The molecule has 0 nitrogen and oxygen atoms in total. The van der Waals surface area contributed by atoms with Gasteiger partial charge in [-0.2, -0.15) is 0 Å². The van der Waals surface area contributed by atoms with E-state index >= 15 is 0 Å². The first-order chi connectivity index (χ1) is 4.24. The number of hydrogen-bond acceptors (Lipinski definition) is 0. The Kier molecular flexibility index (Phi) is 68.9. The summed E-state index contributed by atoms with van der Waals surface area (Å²) in [6, 6.07) is 4.17. The Hall–Kier alpha value is 0.651. The van der Waals surface area contributed by atoms with Crippen molar-refractivity contribution in [2.75, 3.05) is 0 Å². The first kappa shape index (κ1) is 16.3. The maximum absolute atomic E-state index is 2.19. The van der Waals surface area contributed by atoms with E-state index in [0.717, 1.165) is 0 Å². The van der Waals surface area contributed by atoms with E-state index in [1.54, 1.807) is 0 Å². The Labute approximate surface area is 70.1 Å². The molecule has 0 rings (SSSR count). The average molecular weight is 181 g/mol. The Morgan fingerprint density at radius 3 is 0.667 bits per heavy atom. The van der Waals surface area contributed by atoms with Crippen molar-refractivity contribution in [1.29, 1.82) is 0 Å². The lowest BCUT2D eigenvalue weighted by atomic mass is 11.0. The van der Waals surface area contributed by atoms with Crippen LogP contribution in [0.2, 0.25) is 18.1 Å². The van der Waals surface area contributed by atoms with Crippen molar-refractivity contribution in [3.05, 3.63) is 0 Å². The molecule has 0 aromatic heterocycles. The lowest BCUT2D eigenvalue weighted by Crippen LogP contribution is -1.41. The molecule has 0 fully saturated rings. The molecule has 0 saturated heterocycles. The molecule has 0 radical (unpaired) electrons. The smallest absolute Gasteiger partial charge is 0.00244 e. The van der Waals surface area contributed by atoms with Crippen LogP contribution in [0.1, 0.15) is 20.8 Å². The van der Waals surface area contributed by atoms with E-state index in [1.807, 2.05) is 0 Å². The van der Waals surface area contributed by atoms with Gasteiger partial charge in [-0.25, -0.2) is 0 Å². The van der Waals surface area contributed by atoms with Crippen LogP contribution in [-0.2, 0) is 0 Å². The Morgan fingerprint density at radius 1 is 0.667 bits per heavy atom. The highest BCUT2D eigenvalue weighted by molar-refractivity contribution is 6.08. The third-order valence-corrected chi connectivity index (χ3v) is 0. The van der Waals surface area contributed by atoms with Gasteiger partial charge in [0.1, 0.15) is 0 Å². The third kappa shape index (κ3) is 904. The zero-order valence-corrected chi connectivity index (χ0v) is 14.1. The van der Waals surface area contributed by atoms with Crippen molar-refractivity contribution in [3.8, 4) is 0 Å². The molecule has 0 aliphatic rings. The van der Waals surface area contributed by atoms with Gasteiger partial charge in [0, 0.05) is 30.7 Å². The summed E-state index contributed by atoms with van der Waals surface area (Å²) in [5.74, 6) is 0. The topological polar surface area (TPSA) is 0 Å². The normalized spacial score (nSPS) is 7.00. The van der Waals surface area contributed by atoms with Gasteiger partial charge in [-0.05, 0) is 0 Å². The molecule has 0 saturated carbocycles. The summed E-state index contributed by atoms with van der Waals surface area (Å²) in [5, 5.41) is 0. The van der Waals surface area contributed by atoms with Crippen LogP contribution < -0.4 is 0 Å². The summed E-state index contributed by atoms with van der Waals surface area (Å²) in [5.41, 5.74) is 0. The SMILES string of the molecule is CC[SiH3].CC[SiH3].CC[SiH3]. The van der Waals surface area contributed by atoms with E-state index in [2.05, 4.69) is 20.8 Å². The fourth-order valence-electron chi connectivity index (χ4n) is 0. The quantitative estimate of drug-likeness (QED) is 0.436. The van der Waals surface area contributed by atoms with Crippen LogP contribution in [0.15, 0.2) is 0 Å². The van der Waals surface area contributed by atoms with Crippen molar-refractivity contribution in [2.45, 2.75) is 38.9 Å². The molecular weight excluding hydrogens is 156 g/mol. The molecule has 3 heteroatoms. The molecule has 0 aromatic rings. The van der Waals surface area contributed by atoms with Crippen molar-refractivity contribution >= 4 is 30.7 Å². The number of rotatable bonds is 0. The van der Waals surface area contributed by atoms with Crippen LogP contribution in [0.25, 0.3) is 0 Å². The summed E-state index contributed by atoms with van der Waals surface area (Å²) in [6.07, 6.45) is 0. The van der Waals surface area contributed by atoms with E-state index in [9.17, 15) is 0 Å². The molecule has 0 heterocycles. The van der Waals surface area contributed by atoms with Gasteiger partial charge in [0.25, 0.3) is 0 Å². The number of hydrogen-bond donors (Lipinski definition) is 0. The van der Waals surface area contributed by atoms with Crippen LogP contribution in [0.4, 0.5) is 0 Å². The lowest BCUT2D eigenvalue weighted by Gasteiger charge is -1.47. The van der Waals surface area contributed by atoms with Crippen LogP contribution in [0.5, 0.6) is 0 Å². The van der Waals surface area contributed by atoms with Crippen molar-refractivity contribution in [2.24, 2.45) is 0 Å². The standard InChI is InChI=1S/3C2H8Si/c3*1-2-3/h3*2H2,1,3H3. The Morgan fingerprint density at radius 2 is 0.667 bits per heavy atom. The van der Waals surface area contributed by atoms with Gasteiger partial charge in [-0.3, -0.25) is 0 Å². The van der Waals surface area contributed by atoms with Gasteiger partial charge < -0.3 is 0 Å². The van der Waals surface area contributed by atoms with Crippen molar-refractivity contribution in [3.63, 3.8) is 0 Å². The van der Waals surface area contributed by atoms with Crippen LogP contribution in [-0.4, -0.2) is 30.7 Å². The zero-order valence-electron chi connectivity index (χ0n) is 8.12. The van der Waals surface area contributed by atoms with Crippen LogP contribution in [0.3, 0.4) is 0 Å². The molecule has 0 atom stereocenters. The molecule has 60 valence electrons. The summed E-state index contributed by atoms with van der Waals surface area (Å²) >= 11 is 0. The van der Waals surface area contributed by atoms with Crippen molar-refractivity contribution < 1.29 is 0 Å². The van der Waals surface area contributed by atoms with Gasteiger partial charge in [-0.15, -0.1) is 0 Å². The summed E-state index contributed by atoms with van der Waals surface area (Å²) < 4.78 is 0. The lowest BCUT2D eigenvalue weighted by molar-refractivity contribution is 1.48. The summed E-state index contributed by atoms with van der Waals surface area (Å²) in [6.45, 7) is 6.56. The van der Waals surface area contributed by atoms with Gasteiger partial charge >= 0.3 is 0 Å². The predicted octanol–water partition coefficient (Wildman–Crippen LogP) is -0.630. The molecular formula is C6H24Si3. The molecule has 0 aromatic carbocycles.